The summed E-state index contributed by atoms with van der Waals surface area (Å²) in [7, 11) is 3.22. The Kier molecular flexibility index (Phi) is 4.63. The van der Waals surface area contributed by atoms with Crippen LogP contribution in [0.5, 0.6) is 0 Å². The Balaban J connectivity index is 1.86. The molecule has 25 heavy (non-hydrogen) atoms. The van der Waals surface area contributed by atoms with E-state index in [0.29, 0.717) is 5.52 Å². The zero-order chi connectivity index (χ0) is 18.1. The standard InChI is InChI=1S/C18H17ClFN3O2/c1-21(10-12-13(19)6-5-7-14(12)20)17(24)11-23-16-9-4-3-8-15(16)22(2)18(23)25/h3-9H,10-11H2,1-2H3. The highest BCUT2D eigenvalue weighted by molar-refractivity contribution is 6.31. The summed E-state index contributed by atoms with van der Waals surface area (Å²) in [6.45, 7) is -0.0907. The van der Waals surface area contributed by atoms with Crippen molar-refractivity contribution in [1.82, 2.24) is 14.0 Å². The summed E-state index contributed by atoms with van der Waals surface area (Å²) >= 11 is 6.01. The molecule has 5 nitrogen and oxygen atoms in total. The number of likely N-dealkylation sites (N-methyl/N-ethyl adjacent to an activating group) is 1. The number of aromatic nitrogens is 2. The molecule has 1 aromatic heterocycles. The molecule has 1 heterocycles. The first-order valence-corrected chi connectivity index (χ1v) is 8.09. The molecule has 0 spiro atoms. The van der Waals surface area contributed by atoms with Crippen molar-refractivity contribution in [3.8, 4) is 0 Å². The van der Waals surface area contributed by atoms with Gasteiger partial charge in [0, 0.05) is 31.2 Å². The minimum atomic E-state index is -0.463. The lowest BCUT2D eigenvalue weighted by Crippen LogP contribution is -2.34. The Morgan fingerprint density at radius 3 is 2.52 bits per heavy atom. The van der Waals surface area contributed by atoms with Gasteiger partial charge in [-0.2, -0.15) is 0 Å². The third-order valence-electron chi connectivity index (χ3n) is 4.23. The number of imidazole rings is 1. The summed E-state index contributed by atoms with van der Waals surface area (Å²) in [5, 5.41) is 0.266. The topological polar surface area (TPSA) is 47.2 Å². The van der Waals surface area contributed by atoms with E-state index in [4.69, 9.17) is 11.6 Å². The van der Waals surface area contributed by atoms with Gasteiger partial charge in [0.25, 0.3) is 0 Å². The number of hydrogen-bond donors (Lipinski definition) is 0. The van der Waals surface area contributed by atoms with Gasteiger partial charge in [-0.3, -0.25) is 13.9 Å². The van der Waals surface area contributed by atoms with Gasteiger partial charge in [0.1, 0.15) is 12.4 Å². The van der Waals surface area contributed by atoms with Crippen molar-refractivity contribution in [3.05, 3.63) is 69.4 Å². The minimum Gasteiger partial charge on any atom is -0.340 e. The summed E-state index contributed by atoms with van der Waals surface area (Å²) in [6.07, 6.45) is 0. The van der Waals surface area contributed by atoms with E-state index >= 15 is 0 Å². The quantitative estimate of drug-likeness (QED) is 0.717. The lowest BCUT2D eigenvalue weighted by atomic mass is 10.2. The van der Waals surface area contributed by atoms with Crippen LogP contribution in [0.15, 0.2) is 47.3 Å². The van der Waals surface area contributed by atoms with E-state index in [1.165, 1.54) is 26.2 Å². The molecular weight excluding hydrogens is 345 g/mol. The Bertz CT molecular complexity index is 989. The number of nitrogens with zero attached hydrogens (tertiary/aromatic N) is 3. The number of rotatable bonds is 4. The molecule has 3 rings (SSSR count). The second kappa shape index (κ2) is 6.72. The largest absolute Gasteiger partial charge is 0.340 e. The van der Waals surface area contributed by atoms with Crippen molar-refractivity contribution < 1.29 is 9.18 Å². The van der Waals surface area contributed by atoms with Gasteiger partial charge >= 0.3 is 5.69 Å². The zero-order valence-corrected chi connectivity index (χ0v) is 14.6. The molecule has 3 aromatic rings. The van der Waals surface area contributed by atoms with E-state index < -0.39 is 5.82 Å². The first-order chi connectivity index (χ1) is 11.9. The average molecular weight is 362 g/mol. The average Bonchev–Trinajstić information content (AvgIpc) is 2.83. The fourth-order valence-electron chi connectivity index (χ4n) is 2.78. The lowest BCUT2D eigenvalue weighted by Gasteiger charge is -2.18. The van der Waals surface area contributed by atoms with Gasteiger partial charge in [0.15, 0.2) is 0 Å². The molecule has 130 valence electrons. The molecule has 0 aliphatic heterocycles. The summed E-state index contributed by atoms with van der Waals surface area (Å²) in [6, 6.07) is 11.6. The highest BCUT2D eigenvalue weighted by Gasteiger charge is 2.18. The smallest absolute Gasteiger partial charge is 0.329 e. The third kappa shape index (κ3) is 3.17. The van der Waals surface area contributed by atoms with Crippen molar-refractivity contribution in [2.45, 2.75) is 13.1 Å². The van der Waals surface area contributed by atoms with Crippen LogP contribution in [0.4, 0.5) is 4.39 Å². The Hall–Kier alpha value is -2.60. The molecule has 0 saturated heterocycles. The van der Waals surface area contributed by atoms with E-state index in [1.807, 2.05) is 18.2 Å². The van der Waals surface area contributed by atoms with Crippen LogP contribution in [0.25, 0.3) is 11.0 Å². The first kappa shape index (κ1) is 17.2. The Labute approximate surface area is 148 Å². The van der Waals surface area contributed by atoms with E-state index in [1.54, 1.807) is 26.2 Å². The SMILES string of the molecule is CN(Cc1c(F)cccc1Cl)C(=O)Cn1c(=O)n(C)c2ccccc21. The van der Waals surface area contributed by atoms with Gasteiger partial charge in [-0.25, -0.2) is 9.18 Å². The van der Waals surface area contributed by atoms with E-state index in [0.717, 1.165) is 5.52 Å². The van der Waals surface area contributed by atoms with Crippen molar-refractivity contribution >= 4 is 28.5 Å². The summed E-state index contributed by atoms with van der Waals surface area (Å²) in [5.74, 6) is -0.771. The lowest BCUT2D eigenvalue weighted by molar-refractivity contribution is -0.131. The molecule has 0 aliphatic carbocycles. The monoisotopic (exact) mass is 361 g/mol. The Morgan fingerprint density at radius 1 is 1.16 bits per heavy atom. The maximum Gasteiger partial charge on any atom is 0.329 e. The van der Waals surface area contributed by atoms with Crippen LogP contribution in [0.3, 0.4) is 0 Å². The second-order valence-electron chi connectivity index (χ2n) is 5.87. The molecule has 0 unspecified atom stereocenters. The van der Waals surface area contributed by atoms with Crippen LogP contribution in [0.2, 0.25) is 5.02 Å². The molecule has 0 radical (unpaired) electrons. The van der Waals surface area contributed by atoms with Crippen LogP contribution in [0, 0.1) is 5.82 Å². The second-order valence-corrected chi connectivity index (χ2v) is 6.27. The molecule has 0 aliphatic rings. The molecule has 0 saturated carbocycles. The first-order valence-electron chi connectivity index (χ1n) is 7.71. The number of carbonyl (C=O) groups is 1. The van der Waals surface area contributed by atoms with E-state index in [2.05, 4.69) is 0 Å². The minimum absolute atomic E-state index is 0.0316. The fraction of sp³-hybridized carbons (Fsp3) is 0.222. The third-order valence-corrected chi connectivity index (χ3v) is 4.58. The van der Waals surface area contributed by atoms with Gasteiger partial charge < -0.3 is 4.90 Å². The summed E-state index contributed by atoms with van der Waals surface area (Å²) < 4.78 is 16.8. The molecule has 1 amide bonds. The fourth-order valence-corrected chi connectivity index (χ4v) is 3.00. The number of halogens is 2. The van der Waals surface area contributed by atoms with Gasteiger partial charge in [0.2, 0.25) is 5.91 Å². The number of fused-ring (bicyclic) bond motifs is 1. The highest BCUT2D eigenvalue weighted by Crippen LogP contribution is 2.20. The summed E-state index contributed by atoms with van der Waals surface area (Å²) in [4.78, 5) is 26.3. The molecule has 7 heteroatoms. The van der Waals surface area contributed by atoms with E-state index in [9.17, 15) is 14.0 Å². The van der Waals surface area contributed by atoms with Crippen molar-refractivity contribution in [2.24, 2.45) is 7.05 Å². The van der Waals surface area contributed by atoms with Gasteiger partial charge in [-0.15, -0.1) is 0 Å². The maximum atomic E-state index is 13.9. The molecular formula is C18H17ClFN3O2. The molecule has 0 fully saturated rings. The predicted octanol–water partition coefficient (Wildman–Crippen LogP) is 2.79. The van der Waals surface area contributed by atoms with Crippen LogP contribution in [0.1, 0.15) is 5.56 Å². The van der Waals surface area contributed by atoms with Crippen LogP contribution < -0.4 is 5.69 Å². The van der Waals surface area contributed by atoms with Gasteiger partial charge in [0.05, 0.1) is 11.0 Å². The number of aryl methyl sites for hydroxylation is 1. The molecule has 0 bridgehead atoms. The molecule has 0 atom stereocenters. The molecule has 0 N–H and O–H groups in total. The normalized spacial score (nSPS) is 11.0. The highest BCUT2D eigenvalue weighted by atomic mass is 35.5. The maximum absolute atomic E-state index is 13.9. The zero-order valence-electron chi connectivity index (χ0n) is 13.9. The van der Waals surface area contributed by atoms with Crippen LogP contribution >= 0.6 is 11.6 Å². The van der Waals surface area contributed by atoms with Gasteiger partial charge in [-0.1, -0.05) is 29.8 Å². The van der Waals surface area contributed by atoms with E-state index in [-0.39, 0.29) is 35.3 Å². The van der Waals surface area contributed by atoms with Gasteiger partial charge in [-0.05, 0) is 24.3 Å². The Morgan fingerprint density at radius 2 is 1.84 bits per heavy atom. The van der Waals surface area contributed by atoms with Crippen molar-refractivity contribution in [1.29, 1.82) is 0 Å². The number of carbonyl (C=O) groups excluding carboxylic acids is 1. The van der Waals surface area contributed by atoms with Crippen LogP contribution in [-0.4, -0.2) is 27.0 Å². The summed E-state index contributed by atoms with van der Waals surface area (Å²) in [5.41, 5.74) is 1.41. The van der Waals surface area contributed by atoms with Crippen LogP contribution in [-0.2, 0) is 24.9 Å². The number of hydrogen-bond acceptors (Lipinski definition) is 2. The van der Waals surface area contributed by atoms with Crippen molar-refractivity contribution in [2.75, 3.05) is 7.05 Å². The number of para-hydroxylation sites is 2. The predicted molar refractivity (Wildman–Crippen MR) is 95.1 cm³/mol. The van der Waals surface area contributed by atoms with Crippen molar-refractivity contribution in [3.63, 3.8) is 0 Å². The number of amides is 1. The molecule has 2 aromatic carbocycles. The number of benzene rings is 2.